The fourth-order valence-electron chi connectivity index (χ4n) is 6.76. The van der Waals surface area contributed by atoms with Crippen LogP contribution in [0, 0.1) is 35.0 Å². The van der Waals surface area contributed by atoms with Crippen LogP contribution in [0.15, 0.2) is 0 Å². The second kappa shape index (κ2) is 11.3. The predicted molar refractivity (Wildman–Crippen MR) is 135 cm³/mol. The molecule has 4 rings (SSSR count). The molecule has 4 aliphatic rings. The highest BCUT2D eigenvalue weighted by atomic mass is 16.6. The van der Waals surface area contributed by atoms with Crippen LogP contribution in [0.25, 0.3) is 0 Å². The number of rotatable bonds is 1. The van der Waals surface area contributed by atoms with Gasteiger partial charge in [-0.1, -0.05) is 19.3 Å². The highest BCUT2D eigenvalue weighted by Crippen LogP contribution is 2.43. The van der Waals surface area contributed by atoms with Crippen molar-refractivity contribution in [3.05, 3.63) is 0 Å². The molecule has 0 bridgehead atoms. The van der Waals surface area contributed by atoms with E-state index in [0.717, 1.165) is 38.5 Å². The first-order chi connectivity index (χ1) is 17.6. The van der Waals surface area contributed by atoms with Crippen molar-refractivity contribution in [3.8, 4) is 6.07 Å². The van der Waals surface area contributed by atoms with Crippen molar-refractivity contribution in [3.63, 3.8) is 0 Å². The van der Waals surface area contributed by atoms with Crippen LogP contribution in [0.5, 0.6) is 0 Å². The fourth-order valence-corrected chi connectivity index (χ4v) is 6.76. The van der Waals surface area contributed by atoms with E-state index in [1.165, 1.54) is 0 Å². The summed E-state index contributed by atoms with van der Waals surface area (Å²) in [6.45, 7) is 6.38. The third-order valence-corrected chi connectivity index (χ3v) is 8.43. The van der Waals surface area contributed by atoms with Gasteiger partial charge in [-0.25, -0.2) is 4.79 Å². The zero-order valence-electron chi connectivity index (χ0n) is 22.3. The van der Waals surface area contributed by atoms with Crippen molar-refractivity contribution in [2.24, 2.45) is 23.7 Å². The topological polar surface area (TPSA) is 141 Å². The molecule has 0 aromatic carbocycles. The summed E-state index contributed by atoms with van der Waals surface area (Å²) in [5.41, 5.74) is -0.704. The molecule has 3 saturated heterocycles. The van der Waals surface area contributed by atoms with Crippen molar-refractivity contribution in [2.45, 2.75) is 102 Å². The van der Waals surface area contributed by atoms with Crippen LogP contribution < -0.4 is 16.0 Å². The summed E-state index contributed by atoms with van der Waals surface area (Å²) < 4.78 is 5.44. The minimum atomic E-state index is -0.806. The average Bonchev–Trinajstić information content (AvgIpc) is 3.41. The molecule has 0 aromatic rings. The molecule has 3 heterocycles. The number of carbonyl (C=O) groups excluding carboxylic acids is 4. The Bertz CT molecular complexity index is 940. The van der Waals surface area contributed by atoms with Gasteiger partial charge in [-0.05, 0) is 77.0 Å². The molecule has 3 aliphatic heterocycles. The van der Waals surface area contributed by atoms with Gasteiger partial charge in [0.25, 0.3) is 0 Å². The molecule has 0 radical (unpaired) electrons. The van der Waals surface area contributed by atoms with Crippen LogP contribution in [0.3, 0.4) is 0 Å². The van der Waals surface area contributed by atoms with Gasteiger partial charge >= 0.3 is 6.09 Å². The molecule has 1 aliphatic carbocycles. The van der Waals surface area contributed by atoms with E-state index in [9.17, 15) is 24.4 Å². The van der Waals surface area contributed by atoms with Gasteiger partial charge in [0, 0.05) is 19.0 Å². The first-order valence-electron chi connectivity index (χ1n) is 13.8. The summed E-state index contributed by atoms with van der Waals surface area (Å²) in [4.78, 5) is 54.5. The third-order valence-electron chi connectivity index (χ3n) is 8.43. The van der Waals surface area contributed by atoms with Crippen molar-refractivity contribution >= 4 is 23.8 Å². The van der Waals surface area contributed by atoms with E-state index in [0.29, 0.717) is 25.9 Å². The average molecular weight is 516 g/mol. The summed E-state index contributed by atoms with van der Waals surface area (Å²) in [5, 5.41) is 18.4. The van der Waals surface area contributed by atoms with Gasteiger partial charge < -0.3 is 25.6 Å². The fraction of sp³-hybridized carbons (Fsp3) is 0.815. The summed E-state index contributed by atoms with van der Waals surface area (Å²) in [5.74, 6) is -0.625. The summed E-state index contributed by atoms with van der Waals surface area (Å²) in [6.07, 6.45) is 5.96. The van der Waals surface area contributed by atoms with Gasteiger partial charge in [-0.15, -0.1) is 0 Å². The molecular formula is C27H41N5O5. The van der Waals surface area contributed by atoms with Crippen LogP contribution in [0.2, 0.25) is 0 Å². The largest absolute Gasteiger partial charge is 0.444 e. The number of fused-ring (bicyclic) bond motifs is 4. The van der Waals surface area contributed by atoms with E-state index in [-0.39, 0.29) is 47.8 Å². The Balaban J connectivity index is 1.61. The summed E-state index contributed by atoms with van der Waals surface area (Å²) in [7, 11) is 0. The molecule has 4 amide bonds. The molecule has 0 aromatic heterocycles. The molecule has 37 heavy (non-hydrogen) atoms. The van der Waals surface area contributed by atoms with E-state index in [4.69, 9.17) is 4.74 Å². The zero-order valence-corrected chi connectivity index (χ0v) is 22.3. The minimum absolute atomic E-state index is 0.0316. The maximum absolute atomic E-state index is 13.9. The molecule has 1 unspecified atom stereocenters. The lowest BCUT2D eigenvalue weighted by atomic mass is 9.78. The third kappa shape index (κ3) is 6.36. The van der Waals surface area contributed by atoms with Crippen LogP contribution in [-0.4, -0.2) is 65.5 Å². The Labute approximate surface area is 219 Å². The Morgan fingerprint density at radius 2 is 1.76 bits per heavy atom. The van der Waals surface area contributed by atoms with Crippen molar-refractivity contribution in [1.29, 1.82) is 5.26 Å². The number of nitrogens with zero attached hydrogens (tertiary/aromatic N) is 2. The van der Waals surface area contributed by atoms with E-state index in [1.807, 2.05) is 0 Å². The Kier molecular flexibility index (Phi) is 8.29. The first-order valence-corrected chi connectivity index (χ1v) is 13.8. The lowest BCUT2D eigenvalue weighted by Crippen LogP contribution is -2.56. The lowest BCUT2D eigenvalue weighted by molar-refractivity contribution is -0.141. The Hall–Kier alpha value is -2.83. The number of hydrogen-bond donors (Lipinski definition) is 3. The first kappa shape index (κ1) is 27.2. The van der Waals surface area contributed by atoms with Crippen molar-refractivity contribution < 1.29 is 23.9 Å². The van der Waals surface area contributed by atoms with Crippen LogP contribution >= 0.6 is 0 Å². The predicted octanol–water partition coefficient (Wildman–Crippen LogP) is 2.23. The summed E-state index contributed by atoms with van der Waals surface area (Å²) in [6, 6.07) is -0.104. The highest BCUT2D eigenvalue weighted by molar-refractivity contribution is 5.92. The van der Waals surface area contributed by atoms with Gasteiger partial charge in [0.15, 0.2) is 0 Å². The molecule has 10 nitrogen and oxygen atoms in total. The summed E-state index contributed by atoms with van der Waals surface area (Å²) >= 11 is 0. The molecule has 3 N–H and O–H groups in total. The van der Waals surface area contributed by atoms with Crippen molar-refractivity contribution in [1.82, 2.24) is 20.9 Å². The number of ether oxygens (including phenoxy) is 1. The number of alkyl carbamates (subject to hydrolysis) is 1. The SMILES string of the molecule is CC(C)(C)OC(=O)N[C@H]1CCCC[C@H]2CCNC(=O)C2C[C@@H](C#N)NC(=O)[C@@H]2[C@H]3CCC[C@H]3CN2C1=O. The number of nitrogens with one attached hydrogen (secondary N) is 3. The standard InChI is InChI=1S/C27H41N5O5/c1-27(2,3)37-26(36)31-21-10-5-4-7-16-11-12-29-23(33)20(16)13-18(14-28)30-24(34)22-19-9-6-8-17(19)15-32(22)25(21)35/h16-22H,4-13,15H2,1-3H3,(H,29,33)(H,30,34)(H,31,36)/t16-,17-,18-,19-,20?,21-,22-/m0/s1. The second-order valence-corrected chi connectivity index (χ2v) is 12.1. The molecular weight excluding hydrogens is 474 g/mol. The van der Waals surface area contributed by atoms with E-state index in [1.54, 1.807) is 25.7 Å². The zero-order chi connectivity index (χ0) is 26.7. The van der Waals surface area contributed by atoms with Gasteiger partial charge in [-0.3, -0.25) is 14.4 Å². The van der Waals surface area contributed by atoms with E-state index >= 15 is 0 Å². The van der Waals surface area contributed by atoms with E-state index < -0.39 is 29.8 Å². The van der Waals surface area contributed by atoms with Gasteiger partial charge in [-0.2, -0.15) is 5.26 Å². The molecule has 1 saturated carbocycles. The highest BCUT2D eigenvalue weighted by Gasteiger charge is 2.51. The molecule has 10 heteroatoms. The van der Waals surface area contributed by atoms with Gasteiger partial charge in [0.05, 0.1) is 6.07 Å². The van der Waals surface area contributed by atoms with Crippen molar-refractivity contribution in [2.75, 3.05) is 13.1 Å². The second-order valence-electron chi connectivity index (χ2n) is 12.1. The number of amides is 4. The lowest BCUT2D eigenvalue weighted by Gasteiger charge is -2.35. The molecule has 0 spiro atoms. The monoisotopic (exact) mass is 515 g/mol. The van der Waals surface area contributed by atoms with Crippen LogP contribution in [0.1, 0.15) is 78.6 Å². The quantitative estimate of drug-likeness (QED) is 0.489. The van der Waals surface area contributed by atoms with Gasteiger partial charge in [0.2, 0.25) is 17.7 Å². The minimum Gasteiger partial charge on any atom is -0.444 e. The Morgan fingerprint density at radius 3 is 2.49 bits per heavy atom. The molecule has 7 atom stereocenters. The van der Waals surface area contributed by atoms with Gasteiger partial charge in [0.1, 0.15) is 23.7 Å². The number of carbonyl (C=O) groups is 4. The normalized spacial score (nSPS) is 35.1. The molecule has 4 fully saturated rings. The maximum atomic E-state index is 13.9. The number of piperidine rings is 1. The van der Waals surface area contributed by atoms with E-state index in [2.05, 4.69) is 22.0 Å². The van der Waals surface area contributed by atoms with Crippen LogP contribution in [0.4, 0.5) is 4.79 Å². The number of hydrogen-bond acceptors (Lipinski definition) is 6. The van der Waals surface area contributed by atoms with Crippen LogP contribution in [-0.2, 0) is 19.1 Å². The molecule has 204 valence electrons. The smallest absolute Gasteiger partial charge is 0.408 e. The number of nitriles is 1. The Morgan fingerprint density at radius 1 is 1.03 bits per heavy atom. The maximum Gasteiger partial charge on any atom is 0.408 e.